The van der Waals surface area contributed by atoms with Crippen LogP contribution in [0.15, 0.2) is 71.8 Å². The molecule has 2 atom stereocenters. The lowest BCUT2D eigenvalue weighted by atomic mass is 9.63. The van der Waals surface area contributed by atoms with Crippen LogP contribution in [0.25, 0.3) is 0 Å². The van der Waals surface area contributed by atoms with Crippen LogP contribution in [0.2, 0.25) is 0 Å². The first-order valence-corrected chi connectivity index (χ1v) is 13.4. The second kappa shape index (κ2) is 12.7. The zero-order chi connectivity index (χ0) is 26.1. The number of hydrogen-bond donors (Lipinski definition) is 1. The van der Waals surface area contributed by atoms with E-state index in [-0.39, 0.29) is 11.4 Å². The Kier molecular flexibility index (Phi) is 9.69. The summed E-state index contributed by atoms with van der Waals surface area (Å²) >= 11 is 0. The molecule has 2 aromatic rings. The molecule has 0 spiro atoms. The van der Waals surface area contributed by atoms with Crippen molar-refractivity contribution in [1.82, 2.24) is 0 Å². The van der Waals surface area contributed by atoms with Crippen molar-refractivity contribution in [2.24, 2.45) is 5.92 Å². The molecule has 0 aliphatic heterocycles. The van der Waals surface area contributed by atoms with Gasteiger partial charge in [-0.3, -0.25) is 0 Å². The second-order valence-corrected chi connectivity index (χ2v) is 9.98. The molecule has 0 aromatic heterocycles. The van der Waals surface area contributed by atoms with Gasteiger partial charge in [-0.05, 0) is 73.4 Å². The molecule has 3 rings (SSSR count). The molecule has 1 unspecified atom stereocenters. The fourth-order valence-corrected chi connectivity index (χ4v) is 5.17. The van der Waals surface area contributed by atoms with Crippen LogP contribution in [0.3, 0.4) is 0 Å². The highest BCUT2D eigenvalue weighted by Crippen LogP contribution is 2.46. The Balaban J connectivity index is 1.81. The maximum Gasteiger partial charge on any atom is 0.343 e. The highest BCUT2D eigenvalue weighted by Gasteiger charge is 2.39. The lowest BCUT2D eigenvalue weighted by Crippen LogP contribution is -2.35. The number of allylic oxidation sites excluding steroid dienone is 2. The summed E-state index contributed by atoms with van der Waals surface area (Å²) in [5, 5.41) is 9.67. The van der Waals surface area contributed by atoms with E-state index >= 15 is 0 Å². The number of rotatable bonds is 12. The summed E-state index contributed by atoms with van der Waals surface area (Å²) in [5.41, 5.74) is 4.01. The van der Waals surface area contributed by atoms with Crippen LogP contribution in [-0.2, 0) is 16.6 Å². The minimum Gasteiger partial charge on any atom is -0.478 e. The molecule has 1 N–H and O–H groups in total. The van der Waals surface area contributed by atoms with Crippen molar-refractivity contribution in [3.63, 3.8) is 0 Å². The third-order valence-corrected chi connectivity index (χ3v) is 7.57. The van der Waals surface area contributed by atoms with E-state index in [1.54, 1.807) is 6.08 Å². The number of esters is 1. The van der Waals surface area contributed by atoms with Gasteiger partial charge in [0.1, 0.15) is 5.75 Å². The SMILES string of the molecule is CCCCc1ccc(C(=O)Oc2ccc([C@]3(C(C)CCCC)C=CC(C(=O)O)=C(CC)C3)cc2)cc1. The predicted octanol–water partition coefficient (Wildman–Crippen LogP) is 8.06. The smallest absolute Gasteiger partial charge is 0.343 e. The van der Waals surface area contributed by atoms with Crippen molar-refractivity contribution < 1.29 is 19.4 Å². The number of carbonyl (C=O) groups excluding carboxylic acids is 1. The zero-order valence-electron chi connectivity index (χ0n) is 22.2. The Morgan fingerprint density at radius 3 is 2.22 bits per heavy atom. The fourth-order valence-electron chi connectivity index (χ4n) is 5.17. The lowest BCUT2D eigenvalue weighted by molar-refractivity contribution is -0.132. The number of aliphatic carboxylic acids is 1. The van der Waals surface area contributed by atoms with Crippen molar-refractivity contribution in [3.8, 4) is 5.75 Å². The highest BCUT2D eigenvalue weighted by molar-refractivity contribution is 5.92. The number of carbonyl (C=O) groups is 2. The number of aryl methyl sites for hydroxylation is 1. The van der Waals surface area contributed by atoms with Gasteiger partial charge in [-0.1, -0.05) is 88.9 Å². The molecule has 0 saturated carbocycles. The number of unbranched alkanes of at least 4 members (excludes halogenated alkanes) is 2. The van der Waals surface area contributed by atoms with Crippen LogP contribution in [-0.4, -0.2) is 17.0 Å². The fraction of sp³-hybridized carbons (Fsp3) is 0.438. The number of carboxylic acids is 1. The van der Waals surface area contributed by atoms with Crippen LogP contribution in [0.1, 0.15) is 94.1 Å². The van der Waals surface area contributed by atoms with Crippen molar-refractivity contribution in [1.29, 1.82) is 0 Å². The molecule has 4 nitrogen and oxygen atoms in total. The van der Waals surface area contributed by atoms with Gasteiger partial charge in [-0.15, -0.1) is 0 Å². The normalized spacial score (nSPS) is 18.2. The maximum absolute atomic E-state index is 12.7. The minimum atomic E-state index is -0.862. The molecule has 0 radical (unpaired) electrons. The number of carboxylic acid groups (broad SMARTS) is 1. The molecular weight excluding hydrogens is 448 g/mol. The average molecular weight is 489 g/mol. The topological polar surface area (TPSA) is 63.6 Å². The summed E-state index contributed by atoms with van der Waals surface area (Å²) in [4.78, 5) is 24.5. The van der Waals surface area contributed by atoms with Crippen molar-refractivity contribution in [2.75, 3.05) is 0 Å². The first-order valence-electron chi connectivity index (χ1n) is 13.4. The maximum atomic E-state index is 12.7. The number of hydrogen-bond acceptors (Lipinski definition) is 3. The van der Waals surface area contributed by atoms with Gasteiger partial charge in [0.15, 0.2) is 0 Å². The largest absolute Gasteiger partial charge is 0.478 e. The summed E-state index contributed by atoms with van der Waals surface area (Å²) < 4.78 is 5.67. The Bertz CT molecular complexity index is 1090. The molecule has 1 aliphatic rings. The van der Waals surface area contributed by atoms with Crippen molar-refractivity contribution >= 4 is 11.9 Å². The Morgan fingerprint density at radius 1 is 0.972 bits per heavy atom. The quantitative estimate of drug-likeness (QED) is 0.242. The Hall–Kier alpha value is -3.14. The summed E-state index contributed by atoms with van der Waals surface area (Å²) in [6.45, 7) is 8.65. The van der Waals surface area contributed by atoms with Gasteiger partial charge in [0.2, 0.25) is 0 Å². The van der Waals surface area contributed by atoms with Crippen LogP contribution in [0, 0.1) is 5.92 Å². The van der Waals surface area contributed by atoms with Gasteiger partial charge < -0.3 is 9.84 Å². The molecule has 0 saturated heterocycles. The van der Waals surface area contributed by atoms with E-state index in [1.165, 1.54) is 5.56 Å². The molecule has 0 heterocycles. The van der Waals surface area contributed by atoms with Crippen LogP contribution in [0.5, 0.6) is 5.75 Å². The number of ether oxygens (including phenoxy) is 1. The third kappa shape index (κ3) is 6.34. The molecular formula is C32H40O4. The minimum absolute atomic E-state index is 0.281. The number of benzene rings is 2. The van der Waals surface area contributed by atoms with E-state index in [4.69, 9.17) is 4.74 Å². The first-order chi connectivity index (χ1) is 17.3. The standard InChI is InChI=1S/C32H40O4/c1-5-8-10-23(4)32(21-20-29(30(33)34)25(7-3)22-32)27-16-18-28(19-17-27)36-31(35)26-14-12-24(13-15-26)11-9-6-2/h12-21,23H,5-11,22H2,1-4H3,(H,33,34)/t23?,32-/m1/s1. The van der Waals surface area contributed by atoms with Gasteiger partial charge >= 0.3 is 11.9 Å². The Morgan fingerprint density at radius 2 is 1.64 bits per heavy atom. The molecule has 0 fully saturated rings. The molecule has 2 aromatic carbocycles. The van der Waals surface area contributed by atoms with Gasteiger partial charge in [-0.25, -0.2) is 9.59 Å². The lowest BCUT2D eigenvalue weighted by Gasteiger charge is -2.41. The third-order valence-electron chi connectivity index (χ3n) is 7.57. The van der Waals surface area contributed by atoms with Gasteiger partial charge in [0.25, 0.3) is 0 Å². The highest BCUT2D eigenvalue weighted by atomic mass is 16.5. The van der Waals surface area contributed by atoms with Gasteiger partial charge in [-0.2, -0.15) is 0 Å². The molecule has 1 aliphatic carbocycles. The van der Waals surface area contributed by atoms with Crippen LogP contribution < -0.4 is 4.74 Å². The van der Waals surface area contributed by atoms with Crippen molar-refractivity contribution in [3.05, 3.63) is 88.5 Å². The van der Waals surface area contributed by atoms with Crippen molar-refractivity contribution in [2.45, 2.75) is 84.5 Å². The van der Waals surface area contributed by atoms with E-state index in [1.807, 2.05) is 55.5 Å². The zero-order valence-corrected chi connectivity index (χ0v) is 22.2. The van der Waals surface area contributed by atoms with E-state index in [2.05, 4.69) is 26.8 Å². The van der Waals surface area contributed by atoms with E-state index in [0.717, 1.165) is 49.7 Å². The van der Waals surface area contributed by atoms with Crippen LogP contribution in [0.4, 0.5) is 0 Å². The average Bonchev–Trinajstić information content (AvgIpc) is 2.90. The molecule has 0 amide bonds. The van der Waals surface area contributed by atoms with Gasteiger partial charge in [0, 0.05) is 5.41 Å². The molecule has 192 valence electrons. The summed E-state index contributed by atoms with van der Waals surface area (Å²) in [5.74, 6) is -0.382. The second-order valence-electron chi connectivity index (χ2n) is 9.98. The van der Waals surface area contributed by atoms with Crippen LogP contribution >= 0.6 is 0 Å². The summed E-state index contributed by atoms with van der Waals surface area (Å²) in [6, 6.07) is 15.4. The monoisotopic (exact) mass is 488 g/mol. The predicted molar refractivity (Wildman–Crippen MR) is 146 cm³/mol. The Labute approximate surface area is 216 Å². The first kappa shape index (κ1) is 27.4. The molecule has 4 heteroatoms. The summed E-state index contributed by atoms with van der Waals surface area (Å²) in [6.07, 6.45) is 11.9. The van der Waals surface area contributed by atoms with Gasteiger partial charge in [0.05, 0.1) is 11.1 Å². The molecule has 0 bridgehead atoms. The summed E-state index contributed by atoms with van der Waals surface area (Å²) in [7, 11) is 0. The molecule has 36 heavy (non-hydrogen) atoms. The van der Waals surface area contributed by atoms with E-state index in [0.29, 0.717) is 35.6 Å². The van der Waals surface area contributed by atoms with E-state index in [9.17, 15) is 14.7 Å². The van der Waals surface area contributed by atoms with E-state index < -0.39 is 5.97 Å².